The fourth-order valence-corrected chi connectivity index (χ4v) is 2.73. The summed E-state index contributed by atoms with van der Waals surface area (Å²) in [6.07, 6.45) is 2.31. The highest BCUT2D eigenvalue weighted by Gasteiger charge is 2.38. The number of aliphatic hydroxyl groups excluding tert-OH is 1. The molecular formula is C15H15N3O3. The van der Waals surface area contributed by atoms with Gasteiger partial charge in [0.25, 0.3) is 11.5 Å². The Balaban J connectivity index is 1.83. The fraction of sp³-hybridized carbons (Fsp3) is 0.267. The Kier molecular flexibility index (Phi) is 3.31. The summed E-state index contributed by atoms with van der Waals surface area (Å²) in [7, 11) is 0. The highest BCUT2D eigenvalue weighted by molar-refractivity contribution is 5.92. The minimum atomic E-state index is -0.731. The molecule has 1 heterocycles. The summed E-state index contributed by atoms with van der Waals surface area (Å²) in [6, 6.07) is 9.00. The molecule has 1 aromatic heterocycles. The van der Waals surface area contributed by atoms with Crippen LogP contribution < -0.4 is 10.9 Å². The highest BCUT2D eigenvalue weighted by atomic mass is 16.3. The summed E-state index contributed by atoms with van der Waals surface area (Å²) in [6.45, 7) is -0.170. The zero-order valence-electron chi connectivity index (χ0n) is 11.3. The summed E-state index contributed by atoms with van der Waals surface area (Å²) in [5, 5.41) is 12.6. The van der Waals surface area contributed by atoms with Crippen molar-refractivity contribution in [2.45, 2.75) is 18.4 Å². The Morgan fingerprint density at radius 2 is 2.00 bits per heavy atom. The number of hydrogen-bond donors (Lipinski definition) is 3. The summed E-state index contributed by atoms with van der Waals surface area (Å²) in [5.41, 5.74) is 1.16. The Hall–Kier alpha value is -2.47. The van der Waals surface area contributed by atoms with Crippen LogP contribution in [0.1, 0.15) is 21.6 Å². The number of H-pyrrole nitrogens is 1. The van der Waals surface area contributed by atoms with E-state index in [1.807, 2.05) is 24.3 Å². The second kappa shape index (κ2) is 5.14. The van der Waals surface area contributed by atoms with Crippen LogP contribution in [0.4, 0.5) is 0 Å². The maximum Gasteiger partial charge on any atom is 0.270 e. The van der Waals surface area contributed by atoms with Gasteiger partial charge in [-0.3, -0.25) is 9.59 Å². The Bertz CT molecular complexity index is 714. The largest absolute Gasteiger partial charge is 0.394 e. The number of amides is 1. The first kappa shape index (κ1) is 13.5. The van der Waals surface area contributed by atoms with Gasteiger partial charge in [0.15, 0.2) is 0 Å². The number of benzene rings is 1. The highest BCUT2D eigenvalue weighted by Crippen LogP contribution is 2.29. The minimum Gasteiger partial charge on any atom is -0.394 e. The van der Waals surface area contributed by atoms with Crippen molar-refractivity contribution in [2.75, 3.05) is 6.61 Å². The summed E-state index contributed by atoms with van der Waals surface area (Å²) < 4.78 is 0. The molecule has 0 saturated carbocycles. The smallest absolute Gasteiger partial charge is 0.270 e. The maximum atomic E-state index is 12.2. The molecule has 0 radical (unpaired) electrons. The second-order valence-electron chi connectivity index (χ2n) is 5.31. The first-order valence-corrected chi connectivity index (χ1v) is 6.67. The van der Waals surface area contributed by atoms with Crippen LogP contribution in [-0.4, -0.2) is 33.1 Å². The number of fused-ring (bicyclic) bond motifs is 1. The molecule has 0 aliphatic heterocycles. The van der Waals surface area contributed by atoms with Gasteiger partial charge < -0.3 is 15.4 Å². The molecule has 2 aromatic rings. The predicted molar refractivity (Wildman–Crippen MR) is 76.0 cm³/mol. The number of rotatable bonds is 3. The number of carbonyl (C=O) groups is 1. The third-order valence-electron chi connectivity index (χ3n) is 3.77. The summed E-state index contributed by atoms with van der Waals surface area (Å²) in [5.74, 6) is -0.456. The number of nitrogens with zero attached hydrogens (tertiary/aromatic N) is 1. The fourth-order valence-electron chi connectivity index (χ4n) is 2.73. The molecule has 108 valence electrons. The van der Waals surface area contributed by atoms with Crippen LogP contribution in [-0.2, 0) is 12.8 Å². The molecule has 1 amide bonds. The van der Waals surface area contributed by atoms with Gasteiger partial charge in [0.05, 0.1) is 18.5 Å². The number of aromatic nitrogens is 2. The predicted octanol–water partition coefficient (Wildman–Crippen LogP) is 0.0296. The lowest BCUT2D eigenvalue weighted by atomic mass is 9.96. The quantitative estimate of drug-likeness (QED) is 0.741. The molecular weight excluding hydrogens is 270 g/mol. The maximum absolute atomic E-state index is 12.2. The standard InChI is InChI=1S/C15H15N3O3/c19-8-15(6-10-3-1-2-4-11(10)7-15)18-14(21)12-5-13(20)17-9-16-12/h1-5,9,19H,6-8H2,(H,18,21)(H,16,17,20). The number of carbonyl (C=O) groups excluding carboxylic acids is 1. The average molecular weight is 285 g/mol. The third kappa shape index (κ3) is 2.57. The van der Waals surface area contributed by atoms with Gasteiger partial charge in [0.1, 0.15) is 5.69 Å². The average Bonchev–Trinajstić information content (AvgIpc) is 2.86. The van der Waals surface area contributed by atoms with Gasteiger partial charge in [-0.2, -0.15) is 0 Å². The Labute approximate surface area is 120 Å². The molecule has 21 heavy (non-hydrogen) atoms. The molecule has 6 nitrogen and oxygen atoms in total. The van der Waals surface area contributed by atoms with Crippen LogP contribution >= 0.6 is 0 Å². The van der Waals surface area contributed by atoms with Gasteiger partial charge in [-0.25, -0.2) is 4.98 Å². The van der Waals surface area contributed by atoms with E-state index >= 15 is 0 Å². The van der Waals surface area contributed by atoms with Crippen LogP contribution in [0.3, 0.4) is 0 Å². The first-order chi connectivity index (χ1) is 10.1. The Morgan fingerprint density at radius 3 is 2.57 bits per heavy atom. The van der Waals surface area contributed by atoms with Crippen LogP contribution in [0.25, 0.3) is 0 Å². The van der Waals surface area contributed by atoms with E-state index in [9.17, 15) is 14.7 Å². The van der Waals surface area contributed by atoms with Gasteiger partial charge in [0, 0.05) is 6.07 Å². The van der Waals surface area contributed by atoms with E-state index < -0.39 is 11.4 Å². The van der Waals surface area contributed by atoms with E-state index in [4.69, 9.17) is 0 Å². The van der Waals surface area contributed by atoms with Crippen molar-refractivity contribution in [3.63, 3.8) is 0 Å². The van der Waals surface area contributed by atoms with Gasteiger partial charge in [-0.15, -0.1) is 0 Å². The number of aromatic amines is 1. The number of hydrogen-bond acceptors (Lipinski definition) is 4. The lowest BCUT2D eigenvalue weighted by molar-refractivity contribution is 0.0837. The van der Waals surface area contributed by atoms with Crippen LogP contribution in [0.15, 0.2) is 41.5 Å². The second-order valence-corrected chi connectivity index (χ2v) is 5.31. The molecule has 0 atom stereocenters. The van der Waals surface area contributed by atoms with E-state index in [2.05, 4.69) is 15.3 Å². The number of aliphatic hydroxyl groups is 1. The third-order valence-corrected chi connectivity index (χ3v) is 3.77. The molecule has 1 aliphatic rings. The molecule has 3 rings (SSSR count). The number of nitrogens with one attached hydrogen (secondary N) is 2. The monoisotopic (exact) mass is 285 g/mol. The zero-order valence-corrected chi connectivity index (χ0v) is 11.3. The minimum absolute atomic E-state index is 0.0440. The van der Waals surface area contributed by atoms with Gasteiger partial charge in [0.2, 0.25) is 0 Å². The molecule has 0 unspecified atom stereocenters. The van der Waals surface area contributed by atoms with E-state index in [0.29, 0.717) is 12.8 Å². The van der Waals surface area contributed by atoms with Crippen molar-refractivity contribution in [3.05, 3.63) is 63.8 Å². The van der Waals surface area contributed by atoms with E-state index in [1.165, 1.54) is 6.33 Å². The van der Waals surface area contributed by atoms with Crippen LogP contribution in [0, 0.1) is 0 Å². The SMILES string of the molecule is O=C(NC1(CO)Cc2ccccc2C1)c1cc(=O)[nH]cn1. The zero-order chi connectivity index (χ0) is 14.9. The van der Waals surface area contributed by atoms with Crippen LogP contribution in [0.5, 0.6) is 0 Å². The van der Waals surface area contributed by atoms with Gasteiger partial charge in [-0.1, -0.05) is 24.3 Å². The van der Waals surface area contributed by atoms with Crippen LogP contribution in [0.2, 0.25) is 0 Å². The van der Waals surface area contributed by atoms with Crippen molar-refractivity contribution in [1.29, 1.82) is 0 Å². The molecule has 3 N–H and O–H groups in total. The molecule has 0 spiro atoms. The van der Waals surface area contributed by atoms with Gasteiger partial charge in [-0.05, 0) is 24.0 Å². The summed E-state index contributed by atoms with van der Waals surface area (Å²) in [4.78, 5) is 29.7. The molecule has 6 heteroatoms. The molecule has 1 aromatic carbocycles. The lowest BCUT2D eigenvalue weighted by Gasteiger charge is -2.27. The topological polar surface area (TPSA) is 95.1 Å². The Morgan fingerprint density at radius 1 is 1.33 bits per heavy atom. The summed E-state index contributed by atoms with van der Waals surface area (Å²) >= 11 is 0. The van der Waals surface area contributed by atoms with E-state index in [-0.39, 0.29) is 17.9 Å². The van der Waals surface area contributed by atoms with E-state index in [1.54, 1.807) is 0 Å². The molecule has 0 fully saturated rings. The molecule has 0 saturated heterocycles. The molecule has 1 aliphatic carbocycles. The van der Waals surface area contributed by atoms with Crippen molar-refractivity contribution in [1.82, 2.24) is 15.3 Å². The lowest BCUT2D eigenvalue weighted by Crippen LogP contribution is -2.52. The normalized spacial score (nSPS) is 15.5. The first-order valence-electron chi connectivity index (χ1n) is 6.67. The van der Waals surface area contributed by atoms with E-state index in [0.717, 1.165) is 17.2 Å². The van der Waals surface area contributed by atoms with Crippen molar-refractivity contribution in [3.8, 4) is 0 Å². The van der Waals surface area contributed by atoms with Crippen molar-refractivity contribution in [2.24, 2.45) is 0 Å². The van der Waals surface area contributed by atoms with Crippen molar-refractivity contribution >= 4 is 5.91 Å². The molecule has 0 bridgehead atoms. The van der Waals surface area contributed by atoms with Crippen molar-refractivity contribution < 1.29 is 9.90 Å². The van der Waals surface area contributed by atoms with Gasteiger partial charge >= 0.3 is 0 Å².